The second-order valence-corrected chi connectivity index (χ2v) is 10.1. The Morgan fingerprint density at radius 3 is 2.30 bits per heavy atom. The molecular weight excluding hydrogens is 502 g/mol. The molecule has 0 spiro atoms. The number of hydrogen-bond acceptors (Lipinski definition) is 8. The zero-order chi connectivity index (χ0) is 26.9. The van der Waals surface area contributed by atoms with Crippen LogP contribution in [0, 0.1) is 27.2 Å². The summed E-state index contributed by atoms with van der Waals surface area (Å²) in [4.78, 5) is 21.9. The fraction of sp³-hybridized carbons (Fsp3) is 0.200. The number of nitrogens with zero attached hydrogens (tertiary/aromatic N) is 3. The smallest absolute Gasteiger partial charge is 0.285 e. The van der Waals surface area contributed by atoms with E-state index in [-0.39, 0.29) is 22.7 Å². The minimum Gasteiger partial charge on any atom is -0.493 e. The van der Waals surface area contributed by atoms with Gasteiger partial charge in [-0.1, -0.05) is 23.8 Å². The Kier molecular flexibility index (Phi) is 6.86. The third-order valence-corrected chi connectivity index (χ3v) is 7.60. The van der Waals surface area contributed by atoms with Crippen LogP contribution in [0.5, 0.6) is 11.5 Å². The van der Waals surface area contributed by atoms with Crippen molar-refractivity contribution in [1.29, 1.82) is 0 Å². The molecule has 1 heterocycles. The van der Waals surface area contributed by atoms with Crippen LogP contribution in [-0.2, 0) is 10.0 Å². The van der Waals surface area contributed by atoms with Gasteiger partial charge < -0.3 is 9.47 Å². The van der Waals surface area contributed by atoms with E-state index in [4.69, 9.17) is 9.47 Å². The van der Waals surface area contributed by atoms with Crippen molar-refractivity contribution >= 4 is 38.7 Å². The second kappa shape index (κ2) is 9.90. The van der Waals surface area contributed by atoms with E-state index < -0.39 is 31.2 Å². The van der Waals surface area contributed by atoms with Crippen LogP contribution in [0.3, 0.4) is 0 Å². The maximum Gasteiger partial charge on any atom is 0.285 e. The van der Waals surface area contributed by atoms with Crippen LogP contribution in [-0.4, -0.2) is 38.5 Å². The van der Waals surface area contributed by atoms with Gasteiger partial charge in [0.05, 0.1) is 52.3 Å². The first kappa shape index (κ1) is 25.6. The van der Waals surface area contributed by atoms with Crippen molar-refractivity contribution in [1.82, 2.24) is 0 Å². The lowest BCUT2D eigenvalue weighted by Crippen LogP contribution is -2.29. The van der Waals surface area contributed by atoms with Gasteiger partial charge in [0, 0.05) is 6.07 Å². The van der Waals surface area contributed by atoms with E-state index in [1.807, 2.05) is 6.92 Å². The number of anilines is 1. The van der Waals surface area contributed by atoms with Crippen molar-refractivity contribution in [3.05, 3.63) is 91.5 Å². The number of sulfonamides is 1. The predicted octanol–water partition coefficient (Wildman–Crippen LogP) is 4.97. The van der Waals surface area contributed by atoms with E-state index in [9.17, 15) is 28.6 Å². The number of methoxy groups -OCH3 is 1. The van der Waals surface area contributed by atoms with E-state index in [1.165, 1.54) is 19.2 Å². The molecule has 0 unspecified atom stereocenters. The molecule has 0 amide bonds. The molecule has 0 radical (unpaired) electrons. The SMILES string of the molecule is CCOc1ccc(C=C2CN(S(=O)(=O)c3ccc(C)cc3)c3cc([N+](=O)[O-])cc([N+](=O)[O-])c32)cc1OC. The number of non-ortho nitro benzene ring substituents is 1. The fourth-order valence-corrected chi connectivity index (χ4v) is 5.56. The zero-order valence-corrected chi connectivity index (χ0v) is 21.0. The molecule has 11 nitrogen and oxygen atoms in total. The van der Waals surface area contributed by atoms with Crippen LogP contribution in [0.25, 0.3) is 11.6 Å². The summed E-state index contributed by atoms with van der Waals surface area (Å²) < 4.78 is 39.1. The van der Waals surface area contributed by atoms with E-state index in [0.29, 0.717) is 29.2 Å². The minimum absolute atomic E-state index is 0.000798. The molecule has 37 heavy (non-hydrogen) atoms. The average molecular weight is 526 g/mol. The van der Waals surface area contributed by atoms with Crippen molar-refractivity contribution in [2.24, 2.45) is 0 Å². The first-order valence-electron chi connectivity index (χ1n) is 11.1. The maximum absolute atomic E-state index is 13.6. The first-order chi connectivity index (χ1) is 17.6. The highest BCUT2D eigenvalue weighted by Gasteiger charge is 2.40. The Hall–Kier alpha value is -4.45. The molecular formula is C25H23N3O8S. The molecule has 4 rings (SSSR count). The van der Waals surface area contributed by atoms with E-state index in [1.54, 1.807) is 43.3 Å². The summed E-state index contributed by atoms with van der Waals surface area (Å²) in [6.45, 7) is 3.79. The van der Waals surface area contributed by atoms with Crippen molar-refractivity contribution < 1.29 is 27.7 Å². The summed E-state index contributed by atoms with van der Waals surface area (Å²) in [6, 6.07) is 13.0. The number of ether oxygens (including phenoxy) is 2. The number of hydrogen-bond donors (Lipinski definition) is 0. The van der Waals surface area contributed by atoms with Gasteiger partial charge in [-0.3, -0.25) is 24.5 Å². The Morgan fingerprint density at radius 2 is 1.70 bits per heavy atom. The predicted molar refractivity (Wildman–Crippen MR) is 137 cm³/mol. The number of nitro groups is 2. The number of aryl methyl sites for hydroxylation is 1. The number of rotatable bonds is 8. The van der Waals surface area contributed by atoms with E-state index in [0.717, 1.165) is 22.0 Å². The molecule has 0 saturated carbocycles. The average Bonchev–Trinajstić information content (AvgIpc) is 3.23. The largest absolute Gasteiger partial charge is 0.493 e. The molecule has 0 atom stereocenters. The third-order valence-electron chi connectivity index (χ3n) is 5.83. The van der Waals surface area contributed by atoms with Gasteiger partial charge >= 0.3 is 0 Å². The molecule has 3 aromatic carbocycles. The normalized spacial score (nSPS) is 13.9. The standard InChI is InChI=1S/C25H23N3O8S/c1-4-36-23-10-7-17(12-24(23)35-3)11-18-15-26(37(33,34)20-8-5-16(2)6-9-20)21-13-19(27(29)30)14-22(25(18)21)28(31)32/h5-14H,4,15H2,1-3H3. The highest BCUT2D eigenvalue weighted by atomic mass is 32.2. The van der Waals surface area contributed by atoms with Crippen LogP contribution in [0.1, 0.15) is 23.6 Å². The van der Waals surface area contributed by atoms with Gasteiger partial charge in [0.2, 0.25) is 0 Å². The van der Waals surface area contributed by atoms with E-state index in [2.05, 4.69) is 0 Å². The van der Waals surface area contributed by atoms with Gasteiger partial charge in [0.1, 0.15) is 0 Å². The highest BCUT2D eigenvalue weighted by molar-refractivity contribution is 7.92. The molecule has 0 aliphatic carbocycles. The van der Waals surface area contributed by atoms with Crippen LogP contribution in [0.15, 0.2) is 59.5 Å². The van der Waals surface area contributed by atoms with Crippen molar-refractivity contribution in [2.45, 2.75) is 18.7 Å². The van der Waals surface area contributed by atoms with Gasteiger partial charge in [0.25, 0.3) is 21.4 Å². The maximum atomic E-state index is 13.6. The Bertz CT molecular complexity index is 1530. The van der Waals surface area contributed by atoms with Crippen molar-refractivity contribution in [3.8, 4) is 11.5 Å². The summed E-state index contributed by atoms with van der Waals surface area (Å²) in [5.74, 6) is 0.931. The summed E-state index contributed by atoms with van der Waals surface area (Å²) in [6.07, 6.45) is 1.60. The second-order valence-electron chi connectivity index (χ2n) is 8.21. The lowest BCUT2D eigenvalue weighted by atomic mass is 10.0. The van der Waals surface area contributed by atoms with Crippen LogP contribution >= 0.6 is 0 Å². The van der Waals surface area contributed by atoms with Gasteiger partial charge in [0.15, 0.2) is 11.5 Å². The lowest BCUT2D eigenvalue weighted by Gasteiger charge is -2.19. The molecule has 0 bridgehead atoms. The van der Waals surface area contributed by atoms with E-state index >= 15 is 0 Å². The Morgan fingerprint density at radius 1 is 1.00 bits per heavy atom. The number of nitro benzene ring substituents is 2. The zero-order valence-electron chi connectivity index (χ0n) is 20.2. The fourth-order valence-electron chi connectivity index (χ4n) is 4.11. The topological polar surface area (TPSA) is 142 Å². The number of fused-ring (bicyclic) bond motifs is 1. The van der Waals surface area contributed by atoms with Gasteiger partial charge in [-0.25, -0.2) is 8.42 Å². The summed E-state index contributed by atoms with van der Waals surface area (Å²) in [5, 5.41) is 23.5. The molecule has 0 fully saturated rings. The molecule has 0 aromatic heterocycles. The molecule has 0 N–H and O–H groups in total. The monoisotopic (exact) mass is 525 g/mol. The third kappa shape index (κ3) is 4.83. The van der Waals surface area contributed by atoms with Crippen LogP contribution in [0.4, 0.5) is 17.1 Å². The molecule has 3 aromatic rings. The van der Waals surface area contributed by atoms with Gasteiger partial charge in [-0.05, 0) is 55.3 Å². The summed E-state index contributed by atoms with van der Waals surface area (Å²) in [5.41, 5.74) is 0.442. The van der Waals surface area contributed by atoms with Gasteiger partial charge in [-0.15, -0.1) is 0 Å². The quantitative estimate of drug-likeness (QED) is 0.296. The highest BCUT2D eigenvalue weighted by Crippen LogP contribution is 2.47. The molecule has 1 aliphatic rings. The first-order valence-corrected chi connectivity index (χ1v) is 12.6. The number of benzene rings is 3. The minimum atomic E-state index is -4.20. The Labute approximate surface area is 212 Å². The molecule has 1 aliphatic heterocycles. The summed E-state index contributed by atoms with van der Waals surface area (Å²) >= 11 is 0. The summed E-state index contributed by atoms with van der Waals surface area (Å²) in [7, 11) is -2.73. The van der Waals surface area contributed by atoms with Crippen LogP contribution < -0.4 is 13.8 Å². The lowest BCUT2D eigenvalue weighted by molar-refractivity contribution is -0.394. The Balaban J connectivity index is 1.94. The van der Waals surface area contributed by atoms with Crippen molar-refractivity contribution in [2.75, 3.05) is 24.6 Å². The molecule has 0 saturated heterocycles. The van der Waals surface area contributed by atoms with Gasteiger partial charge in [-0.2, -0.15) is 0 Å². The molecule has 12 heteroatoms. The van der Waals surface area contributed by atoms with Crippen molar-refractivity contribution in [3.63, 3.8) is 0 Å². The molecule has 192 valence electrons. The van der Waals surface area contributed by atoms with Crippen LogP contribution in [0.2, 0.25) is 0 Å².